The molecule has 16 heteroatoms. The summed E-state index contributed by atoms with van der Waals surface area (Å²) in [5.74, 6) is -1.77. The molecule has 45 heavy (non-hydrogen) atoms. The van der Waals surface area contributed by atoms with Gasteiger partial charge in [-0.05, 0) is 49.6 Å². The van der Waals surface area contributed by atoms with Crippen LogP contribution in [0.1, 0.15) is 19.3 Å². The molecule has 14 nitrogen and oxygen atoms in total. The molecule has 2 amide bonds. The predicted octanol–water partition coefficient (Wildman–Crippen LogP) is 1.23. The van der Waals surface area contributed by atoms with E-state index in [0.29, 0.717) is 24.8 Å². The molecule has 3 heterocycles. The number of benzene rings is 2. The van der Waals surface area contributed by atoms with E-state index < -0.39 is 55.4 Å². The summed E-state index contributed by atoms with van der Waals surface area (Å²) in [5.41, 5.74) is 5.00. The third-order valence-corrected chi connectivity index (χ3v) is 11.6. The average molecular weight is 663 g/mol. The lowest BCUT2D eigenvalue weighted by molar-refractivity contribution is -0.115. The number of carboxylic acid groups (broad SMARTS) is 1. The maximum Gasteiger partial charge on any atom is 0.407 e. The summed E-state index contributed by atoms with van der Waals surface area (Å²) in [6, 6.07) is 13.6. The molecule has 2 saturated heterocycles. The number of aliphatic hydroxyl groups is 1. The van der Waals surface area contributed by atoms with Crippen LogP contribution in [0.25, 0.3) is 10.9 Å². The van der Waals surface area contributed by atoms with Crippen LogP contribution in [0.2, 0.25) is 0 Å². The molecular formula is C29H34N4O10S2. The second kappa shape index (κ2) is 12.9. The number of fused-ring (bicyclic) bond motifs is 1. The lowest BCUT2D eigenvalue weighted by Crippen LogP contribution is -2.48. The van der Waals surface area contributed by atoms with Crippen molar-refractivity contribution in [3.05, 3.63) is 60.8 Å². The molecule has 4 N–H and O–H groups in total. The number of carbonyl (C=O) groups excluding carboxylic acids is 1. The van der Waals surface area contributed by atoms with Crippen molar-refractivity contribution in [2.45, 2.75) is 46.8 Å². The van der Waals surface area contributed by atoms with Crippen LogP contribution in [0.3, 0.4) is 0 Å². The van der Waals surface area contributed by atoms with Gasteiger partial charge in [-0.2, -0.15) is 4.31 Å². The second-order valence-electron chi connectivity index (χ2n) is 11.2. The van der Waals surface area contributed by atoms with Crippen molar-refractivity contribution in [3.63, 3.8) is 0 Å². The van der Waals surface area contributed by atoms with Gasteiger partial charge in [-0.25, -0.2) is 21.6 Å². The number of hydrogen-bond donors (Lipinski definition) is 3. The highest BCUT2D eigenvalue weighted by Gasteiger charge is 2.47. The van der Waals surface area contributed by atoms with Crippen molar-refractivity contribution in [2.75, 3.05) is 38.6 Å². The summed E-state index contributed by atoms with van der Waals surface area (Å²) >= 11 is 0. The lowest BCUT2D eigenvalue weighted by atomic mass is 9.88. The third-order valence-electron chi connectivity index (χ3n) is 8.06. The molecule has 2 fully saturated rings. The molecule has 3 aromatic rings. The molecule has 0 aliphatic carbocycles. The Morgan fingerprint density at radius 2 is 1.82 bits per heavy atom. The number of ether oxygens (including phenoxy) is 2. The van der Waals surface area contributed by atoms with Gasteiger partial charge >= 0.3 is 6.09 Å². The molecule has 1 spiro atoms. The van der Waals surface area contributed by atoms with Gasteiger partial charge in [0.1, 0.15) is 29.1 Å². The van der Waals surface area contributed by atoms with Crippen molar-refractivity contribution in [2.24, 2.45) is 5.73 Å². The van der Waals surface area contributed by atoms with Gasteiger partial charge in [0.15, 0.2) is 9.84 Å². The van der Waals surface area contributed by atoms with Gasteiger partial charge in [0.05, 0.1) is 35.2 Å². The predicted molar refractivity (Wildman–Crippen MR) is 161 cm³/mol. The molecule has 0 bridgehead atoms. The van der Waals surface area contributed by atoms with E-state index in [0.717, 1.165) is 10.3 Å². The van der Waals surface area contributed by atoms with E-state index in [2.05, 4.69) is 4.98 Å². The third kappa shape index (κ3) is 7.36. The molecule has 242 valence electrons. The fraction of sp³-hybridized carbons (Fsp3) is 0.414. The number of nitrogens with two attached hydrogens (primary N) is 1. The number of amides is 2. The first kappa shape index (κ1) is 32.6. The Labute approximate surface area is 260 Å². The SMILES string of the molecule is NC(=O)CS(=O)(=O)c1cccc(OCC(O)CN(C(=O)O)C2COC3(CCN(S(=O)(=O)c4cnc5ccccc5c4)CC3)C2)c1. The smallest absolute Gasteiger partial charge is 0.407 e. The fourth-order valence-corrected chi connectivity index (χ4v) is 8.27. The van der Waals surface area contributed by atoms with E-state index in [-0.39, 0.29) is 48.4 Å². The molecule has 0 saturated carbocycles. The quantitative estimate of drug-likeness (QED) is 0.266. The zero-order valence-corrected chi connectivity index (χ0v) is 25.8. The monoisotopic (exact) mass is 662 g/mol. The first-order valence-electron chi connectivity index (χ1n) is 14.2. The zero-order chi connectivity index (χ0) is 32.4. The number of aliphatic hydroxyl groups excluding tert-OH is 1. The number of piperidine rings is 1. The summed E-state index contributed by atoms with van der Waals surface area (Å²) in [4.78, 5) is 28.5. The Kier molecular flexibility index (Phi) is 9.32. The van der Waals surface area contributed by atoms with E-state index in [1.165, 1.54) is 34.8 Å². The van der Waals surface area contributed by atoms with Gasteiger partial charge in [0, 0.05) is 24.7 Å². The molecule has 5 rings (SSSR count). The van der Waals surface area contributed by atoms with Gasteiger partial charge < -0.3 is 30.3 Å². The van der Waals surface area contributed by atoms with Crippen molar-refractivity contribution in [3.8, 4) is 5.75 Å². The number of hydrogen-bond acceptors (Lipinski definition) is 10. The van der Waals surface area contributed by atoms with Crippen LogP contribution in [0, 0.1) is 0 Å². The van der Waals surface area contributed by atoms with Crippen molar-refractivity contribution in [1.82, 2.24) is 14.2 Å². The Morgan fingerprint density at radius 3 is 2.53 bits per heavy atom. The Balaban J connectivity index is 1.17. The van der Waals surface area contributed by atoms with Crippen LogP contribution >= 0.6 is 0 Å². The summed E-state index contributed by atoms with van der Waals surface area (Å²) in [5, 5.41) is 21.3. The topological polar surface area (TPSA) is 207 Å². The van der Waals surface area contributed by atoms with Crippen molar-refractivity contribution in [1.29, 1.82) is 0 Å². The summed E-state index contributed by atoms with van der Waals surface area (Å²) in [6.45, 7) is -0.160. The minimum atomic E-state index is -3.97. The normalized spacial score (nSPS) is 19.4. The standard InChI is InChI=1S/C29H34N4O10S2/c30-27(35)19-44(38,39)24-6-3-5-23(13-24)42-18-22(34)16-33(28(36)37)21-14-29(43-17-21)8-10-32(11-9-29)45(40,41)25-12-20-4-1-2-7-26(20)31-15-25/h1-7,12-13,15,21-22,34H,8-11,14,16-19H2,(H2,30,35)(H,36,37). The highest BCUT2D eigenvalue weighted by molar-refractivity contribution is 7.92. The van der Waals surface area contributed by atoms with Crippen LogP contribution < -0.4 is 10.5 Å². The van der Waals surface area contributed by atoms with Gasteiger partial charge in [0.25, 0.3) is 0 Å². The first-order valence-corrected chi connectivity index (χ1v) is 17.3. The molecule has 2 aliphatic rings. The van der Waals surface area contributed by atoms with Gasteiger partial charge in [0.2, 0.25) is 15.9 Å². The largest absolute Gasteiger partial charge is 0.491 e. The fourth-order valence-electron chi connectivity index (χ4n) is 5.73. The number of primary amides is 1. The number of aromatic nitrogens is 1. The summed E-state index contributed by atoms with van der Waals surface area (Å²) in [6.07, 6.45) is -0.0884. The van der Waals surface area contributed by atoms with E-state index in [4.69, 9.17) is 15.2 Å². The van der Waals surface area contributed by atoms with Crippen molar-refractivity contribution >= 4 is 42.8 Å². The number of carbonyl (C=O) groups is 2. The van der Waals surface area contributed by atoms with E-state index in [9.17, 15) is 36.6 Å². The van der Waals surface area contributed by atoms with Crippen LogP contribution in [-0.2, 0) is 29.4 Å². The minimum absolute atomic E-state index is 0.0843. The van der Waals surface area contributed by atoms with Crippen LogP contribution in [0.15, 0.2) is 70.6 Å². The summed E-state index contributed by atoms with van der Waals surface area (Å²) in [7, 11) is -7.76. The average Bonchev–Trinajstić information content (AvgIpc) is 3.40. The molecule has 2 atom stereocenters. The minimum Gasteiger partial charge on any atom is -0.491 e. The Bertz CT molecular complexity index is 1790. The lowest BCUT2D eigenvalue weighted by Gasteiger charge is -2.38. The number of para-hydroxylation sites is 1. The molecular weight excluding hydrogens is 628 g/mol. The van der Waals surface area contributed by atoms with Crippen LogP contribution in [0.5, 0.6) is 5.75 Å². The van der Waals surface area contributed by atoms with E-state index in [1.54, 1.807) is 18.2 Å². The molecule has 1 aromatic heterocycles. The van der Waals surface area contributed by atoms with E-state index in [1.807, 2.05) is 12.1 Å². The maximum atomic E-state index is 13.4. The Morgan fingerprint density at radius 1 is 1.09 bits per heavy atom. The number of sulfonamides is 1. The van der Waals surface area contributed by atoms with Gasteiger partial charge in [-0.15, -0.1) is 0 Å². The van der Waals surface area contributed by atoms with Gasteiger partial charge in [-0.1, -0.05) is 24.3 Å². The number of nitrogens with zero attached hydrogens (tertiary/aromatic N) is 3. The highest BCUT2D eigenvalue weighted by atomic mass is 32.2. The molecule has 2 aliphatic heterocycles. The zero-order valence-electron chi connectivity index (χ0n) is 24.2. The van der Waals surface area contributed by atoms with Gasteiger partial charge in [-0.3, -0.25) is 9.78 Å². The van der Waals surface area contributed by atoms with E-state index >= 15 is 0 Å². The highest BCUT2D eigenvalue weighted by Crippen LogP contribution is 2.39. The second-order valence-corrected chi connectivity index (χ2v) is 15.1. The first-order chi connectivity index (χ1) is 21.3. The number of rotatable bonds is 11. The number of sulfone groups is 1. The summed E-state index contributed by atoms with van der Waals surface area (Å²) < 4.78 is 64.3. The van der Waals surface area contributed by atoms with Crippen molar-refractivity contribution < 1.29 is 46.1 Å². The van der Waals surface area contributed by atoms with Crippen LogP contribution in [-0.4, -0.2) is 110 Å². The molecule has 0 radical (unpaired) electrons. The van der Waals surface area contributed by atoms with Crippen LogP contribution in [0.4, 0.5) is 4.79 Å². The number of pyridine rings is 1. The molecule has 2 aromatic carbocycles. The molecule has 2 unspecified atom stereocenters. The maximum absolute atomic E-state index is 13.4. The Hall–Kier alpha value is -3.83.